The summed E-state index contributed by atoms with van der Waals surface area (Å²) in [5.41, 5.74) is 7.55. The van der Waals surface area contributed by atoms with Crippen LogP contribution in [0.5, 0.6) is 0 Å². The first-order valence-electron chi connectivity index (χ1n) is 13.3. The van der Waals surface area contributed by atoms with Crippen molar-refractivity contribution in [2.45, 2.75) is 32.7 Å². The number of piperazine rings is 1. The molecule has 194 valence electrons. The van der Waals surface area contributed by atoms with Crippen LogP contribution in [0.3, 0.4) is 0 Å². The number of benzene rings is 1. The molecule has 2 aliphatic heterocycles. The molecule has 36 heavy (non-hydrogen) atoms. The molecule has 1 unspecified atom stereocenters. The second-order valence-electron chi connectivity index (χ2n) is 11.0. The van der Waals surface area contributed by atoms with E-state index in [1.165, 1.54) is 29.6 Å². The lowest BCUT2D eigenvalue weighted by Crippen LogP contribution is -2.48. The lowest BCUT2D eigenvalue weighted by molar-refractivity contribution is 0.182. The second kappa shape index (κ2) is 10.7. The molecule has 2 saturated heterocycles. The van der Waals surface area contributed by atoms with Crippen LogP contribution >= 0.6 is 0 Å². The summed E-state index contributed by atoms with van der Waals surface area (Å²) in [6, 6.07) is 10.2. The van der Waals surface area contributed by atoms with E-state index in [0.29, 0.717) is 25.0 Å². The molecule has 1 aliphatic carbocycles. The van der Waals surface area contributed by atoms with E-state index in [-0.39, 0.29) is 11.8 Å². The highest BCUT2D eigenvalue weighted by atomic mass is 16.2. The number of urea groups is 1. The summed E-state index contributed by atoms with van der Waals surface area (Å²) in [6.07, 6.45) is 3.86. The molecular formula is C27H39N7O2. The van der Waals surface area contributed by atoms with Crippen molar-refractivity contribution in [3.63, 3.8) is 0 Å². The molecule has 0 radical (unpaired) electrons. The van der Waals surface area contributed by atoms with Crippen LogP contribution in [0, 0.1) is 23.7 Å². The average Bonchev–Trinajstić information content (AvgIpc) is 3.34. The zero-order chi connectivity index (χ0) is 25.2. The predicted octanol–water partition coefficient (Wildman–Crippen LogP) is 1.76. The fourth-order valence-electron chi connectivity index (χ4n) is 6.03. The second-order valence-corrected chi connectivity index (χ2v) is 11.0. The fourth-order valence-corrected chi connectivity index (χ4v) is 6.03. The van der Waals surface area contributed by atoms with E-state index in [0.717, 1.165) is 49.5 Å². The van der Waals surface area contributed by atoms with Gasteiger partial charge < -0.3 is 16.0 Å². The number of nitrogens with zero attached hydrogens (tertiary/aromatic N) is 4. The minimum absolute atomic E-state index is 0.227. The van der Waals surface area contributed by atoms with Crippen LogP contribution in [-0.2, 0) is 6.42 Å². The van der Waals surface area contributed by atoms with Gasteiger partial charge in [-0.1, -0.05) is 26.0 Å². The maximum absolute atomic E-state index is 12.7. The Morgan fingerprint density at radius 3 is 2.44 bits per heavy atom. The maximum atomic E-state index is 12.7. The first-order chi connectivity index (χ1) is 17.4. The van der Waals surface area contributed by atoms with Gasteiger partial charge in [-0.25, -0.2) is 9.59 Å². The Morgan fingerprint density at radius 2 is 1.83 bits per heavy atom. The number of anilines is 1. The minimum Gasteiger partial charge on any atom is -0.330 e. The van der Waals surface area contributed by atoms with Gasteiger partial charge in [0.2, 0.25) is 0 Å². The number of aromatic nitrogens is 2. The molecule has 9 heteroatoms. The van der Waals surface area contributed by atoms with Crippen molar-refractivity contribution in [3.8, 4) is 5.69 Å². The zero-order valence-electron chi connectivity index (χ0n) is 21.4. The molecule has 4 N–H and O–H groups in total. The quantitative estimate of drug-likeness (QED) is 0.517. The fraction of sp³-hybridized carbons (Fsp3) is 0.593. The summed E-state index contributed by atoms with van der Waals surface area (Å²) in [6.45, 7) is 10.6. The van der Waals surface area contributed by atoms with Crippen molar-refractivity contribution in [2.75, 3.05) is 51.1 Å². The van der Waals surface area contributed by atoms with Crippen LogP contribution in [0.2, 0.25) is 0 Å². The van der Waals surface area contributed by atoms with E-state index in [9.17, 15) is 9.59 Å². The van der Waals surface area contributed by atoms with Crippen LogP contribution in [0.15, 0.2) is 41.3 Å². The Hall–Kier alpha value is -2.75. The highest BCUT2D eigenvalue weighted by molar-refractivity contribution is 5.88. The van der Waals surface area contributed by atoms with Gasteiger partial charge in [0.05, 0.1) is 5.69 Å². The smallest absolute Gasteiger partial charge is 0.330 e. The van der Waals surface area contributed by atoms with Gasteiger partial charge in [0, 0.05) is 51.5 Å². The summed E-state index contributed by atoms with van der Waals surface area (Å²) in [7, 11) is 0. The third-order valence-corrected chi connectivity index (χ3v) is 8.06. The largest absolute Gasteiger partial charge is 0.354 e. The van der Waals surface area contributed by atoms with Crippen LogP contribution < -0.4 is 22.1 Å². The maximum Gasteiger partial charge on any atom is 0.354 e. The number of amides is 2. The Balaban J connectivity index is 1.22. The number of rotatable bonds is 8. The number of piperidine rings is 1. The van der Waals surface area contributed by atoms with Crippen molar-refractivity contribution < 1.29 is 4.79 Å². The summed E-state index contributed by atoms with van der Waals surface area (Å²) >= 11 is 0. The van der Waals surface area contributed by atoms with Gasteiger partial charge in [-0.05, 0) is 66.8 Å². The monoisotopic (exact) mass is 493 g/mol. The van der Waals surface area contributed by atoms with Gasteiger partial charge in [-0.15, -0.1) is 0 Å². The van der Waals surface area contributed by atoms with E-state index < -0.39 is 5.69 Å². The van der Waals surface area contributed by atoms with Gasteiger partial charge in [0.1, 0.15) is 5.82 Å². The van der Waals surface area contributed by atoms with Gasteiger partial charge in [-0.3, -0.25) is 14.8 Å². The Morgan fingerprint density at radius 1 is 1.14 bits per heavy atom. The molecule has 1 saturated carbocycles. The van der Waals surface area contributed by atoms with E-state index in [4.69, 9.17) is 5.73 Å². The van der Waals surface area contributed by atoms with Crippen molar-refractivity contribution >= 4 is 11.8 Å². The molecule has 3 aliphatic rings. The Bertz CT molecular complexity index is 1100. The van der Waals surface area contributed by atoms with E-state index in [2.05, 4.69) is 46.5 Å². The SMILES string of the molecule is CC(C)CC(Cc1ccc(-n2ccc(NC(=O)N3CCNCC3)nc2=O)cc1)N1C[C@@H]2[C@@H](CN)[C@@H]2C1. The summed E-state index contributed by atoms with van der Waals surface area (Å²) in [4.78, 5) is 33.6. The zero-order valence-corrected chi connectivity index (χ0v) is 21.4. The minimum atomic E-state index is -0.413. The topological polar surface area (TPSA) is 109 Å². The molecule has 2 amide bonds. The number of likely N-dealkylation sites (tertiary alicyclic amines) is 1. The van der Waals surface area contributed by atoms with Crippen molar-refractivity contribution in [2.24, 2.45) is 29.4 Å². The van der Waals surface area contributed by atoms with Crippen molar-refractivity contribution in [1.29, 1.82) is 0 Å². The Kier molecular flexibility index (Phi) is 7.41. The van der Waals surface area contributed by atoms with Crippen LogP contribution in [0.1, 0.15) is 25.8 Å². The third kappa shape index (κ3) is 5.48. The average molecular weight is 494 g/mol. The van der Waals surface area contributed by atoms with E-state index in [1.807, 2.05) is 12.1 Å². The summed E-state index contributed by atoms with van der Waals surface area (Å²) < 4.78 is 1.51. The lowest BCUT2D eigenvalue weighted by atomic mass is 9.95. The van der Waals surface area contributed by atoms with Gasteiger partial charge in [0.15, 0.2) is 0 Å². The van der Waals surface area contributed by atoms with Crippen LogP contribution in [0.25, 0.3) is 5.69 Å². The molecule has 4 atom stereocenters. The number of carbonyl (C=O) groups excluding carboxylic acids is 1. The van der Waals surface area contributed by atoms with Gasteiger partial charge in [-0.2, -0.15) is 4.98 Å². The number of fused-ring (bicyclic) bond motifs is 1. The first-order valence-corrected chi connectivity index (χ1v) is 13.3. The van der Waals surface area contributed by atoms with Crippen molar-refractivity contribution in [1.82, 2.24) is 24.7 Å². The summed E-state index contributed by atoms with van der Waals surface area (Å²) in [5.74, 6) is 3.26. The number of nitrogens with one attached hydrogen (secondary N) is 2. The van der Waals surface area contributed by atoms with Crippen LogP contribution in [0.4, 0.5) is 10.6 Å². The molecule has 2 aromatic rings. The molecule has 3 heterocycles. The van der Waals surface area contributed by atoms with Crippen LogP contribution in [-0.4, -0.2) is 77.2 Å². The number of carbonyl (C=O) groups is 1. The predicted molar refractivity (Wildman–Crippen MR) is 141 cm³/mol. The lowest BCUT2D eigenvalue weighted by Gasteiger charge is -2.31. The Labute approximate surface area is 213 Å². The molecule has 3 fully saturated rings. The standard InChI is InChI=1S/C27H39N7O2/c1-18(2)13-21(33-16-23-22(15-28)24(23)17-33)14-19-3-5-20(6-4-19)34-10-7-25(31-27(34)36)30-26(35)32-11-8-29-9-12-32/h3-7,10,18,21-24,29H,8-9,11-17,28H2,1-2H3,(H,30,31,35,36)/t21?,22-,23-,24+. The highest BCUT2D eigenvalue weighted by Crippen LogP contribution is 2.51. The molecule has 0 bridgehead atoms. The molecule has 5 rings (SSSR count). The molecule has 1 aromatic carbocycles. The summed E-state index contributed by atoms with van der Waals surface area (Å²) in [5, 5.41) is 5.95. The number of hydrogen-bond acceptors (Lipinski definition) is 6. The van der Waals surface area contributed by atoms with E-state index in [1.54, 1.807) is 17.2 Å². The number of nitrogens with two attached hydrogens (primary N) is 1. The third-order valence-electron chi connectivity index (χ3n) is 8.06. The molecule has 1 aromatic heterocycles. The normalized spacial score (nSPS) is 24.6. The highest BCUT2D eigenvalue weighted by Gasteiger charge is 2.55. The van der Waals surface area contributed by atoms with Gasteiger partial charge >= 0.3 is 11.7 Å². The molecule has 9 nitrogen and oxygen atoms in total. The van der Waals surface area contributed by atoms with E-state index >= 15 is 0 Å². The van der Waals surface area contributed by atoms with Crippen molar-refractivity contribution in [3.05, 3.63) is 52.6 Å². The number of hydrogen-bond donors (Lipinski definition) is 3. The first kappa shape index (κ1) is 24.9. The molecular weight excluding hydrogens is 454 g/mol. The van der Waals surface area contributed by atoms with Gasteiger partial charge in [0.25, 0.3) is 0 Å². The molecule has 0 spiro atoms.